The highest BCUT2D eigenvalue weighted by molar-refractivity contribution is 7.89. The number of carbonyl (C=O) groups is 2. The normalized spacial score (nSPS) is 14.6. The van der Waals surface area contributed by atoms with E-state index in [-0.39, 0.29) is 4.90 Å². The smallest absolute Gasteiger partial charge is 0.256 e. The van der Waals surface area contributed by atoms with Gasteiger partial charge in [0.1, 0.15) is 5.00 Å². The molecule has 8 nitrogen and oxygen atoms in total. The Hall–Kier alpha value is -2.27. The average molecular weight is 437 g/mol. The lowest BCUT2D eigenvalue weighted by atomic mass is 10.0. The molecular formula is C19H24N4O4S2. The van der Waals surface area contributed by atoms with Crippen molar-refractivity contribution in [3.05, 3.63) is 45.8 Å². The van der Waals surface area contributed by atoms with Gasteiger partial charge in [0.2, 0.25) is 10.0 Å². The minimum atomic E-state index is -3.57. The lowest BCUT2D eigenvalue weighted by Gasteiger charge is -2.25. The van der Waals surface area contributed by atoms with Crippen LogP contribution in [0.15, 0.2) is 29.2 Å². The first kappa shape index (κ1) is 21.4. The number of carbonyl (C=O) groups excluding carboxylic acids is 2. The van der Waals surface area contributed by atoms with Crippen LogP contribution in [0, 0.1) is 0 Å². The van der Waals surface area contributed by atoms with E-state index in [1.165, 1.54) is 49.7 Å². The minimum absolute atomic E-state index is 0.100. The molecule has 0 saturated carbocycles. The van der Waals surface area contributed by atoms with Gasteiger partial charge in [-0.15, -0.1) is 11.3 Å². The van der Waals surface area contributed by atoms with Gasteiger partial charge in [-0.3, -0.25) is 14.5 Å². The Kier molecular flexibility index (Phi) is 6.08. The molecule has 1 aromatic heterocycles. The molecule has 0 atom stereocenters. The highest BCUT2D eigenvalue weighted by atomic mass is 32.2. The zero-order valence-corrected chi connectivity index (χ0v) is 18.2. The summed E-state index contributed by atoms with van der Waals surface area (Å²) in [5, 5.41) is 3.22. The average Bonchev–Trinajstić information content (AvgIpc) is 3.04. The maximum absolute atomic E-state index is 12.7. The van der Waals surface area contributed by atoms with E-state index >= 15 is 0 Å². The maximum atomic E-state index is 12.7. The number of rotatable bonds is 6. The van der Waals surface area contributed by atoms with Crippen molar-refractivity contribution in [2.75, 3.05) is 32.5 Å². The molecule has 29 heavy (non-hydrogen) atoms. The minimum Gasteiger partial charge on any atom is -0.365 e. The molecule has 2 aromatic rings. The monoisotopic (exact) mass is 436 g/mol. The molecule has 3 rings (SSSR count). The van der Waals surface area contributed by atoms with Crippen LogP contribution in [0.1, 0.15) is 38.1 Å². The van der Waals surface area contributed by atoms with Gasteiger partial charge < -0.3 is 11.1 Å². The Morgan fingerprint density at radius 1 is 1.24 bits per heavy atom. The highest BCUT2D eigenvalue weighted by Gasteiger charge is 2.27. The van der Waals surface area contributed by atoms with Gasteiger partial charge in [-0.1, -0.05) is 6.92 Å². The van der Waals surface area contributed by atoms with Crippen LogP contribution in [-0.2, 0) is 23.0 Å². The van der Waals surface area contributed by atoms with E-state index in [1.807, 2.05) is 0 Å². The third kappa shape index (κ3) is 4.20. The molecule has 0 unspecified atom stereocenters. The van der Waals surface area contributed by atoms with E-state index in [4.69, 9.17) is 5.73 Å². The molecule has 0 radical (unpaired) electrons. The van der Waals surface area contributed by atoms with Crippen LogP contribution in [0.5, 0.6) is 0 Å². The van der Waals surface area contributed by atoms with Crippen LogP contribution in [-0.4, -0.2) is 56.6 Å². The molecule has 1 aliphatic rings. The number of nitrogens with two attached hydrogens (primary N) is 1. The van der Waals surface area contributed by atoms with Crippen molar-refractivity contribution in [2.24, 2.45) is 5.73 Å². The van der Waals surface area contributed by atoms with Gasteiger partial charge in [-0.25, -0.2) is 12.7 Å². The van der Waals surface area contributed by atoms with Gasteiger partial charge in [0.05, 0.1) is 10.5 Å². The van der Waals surface area contributed by atoms with Crippen LogP contribution in [0.25, 0.3) is 0 Å². The number of hydrogen-bond acceptors (Lipinski definition) is 6. The fraction of sp³-hybridized carbons (Fsp3) is 0.368. The van der Waals surface area contributed by atoms with E-state index in [0.29, 0.717) is 22.5 Å². The first-order valence-electron chi connectivity index (χ1n) is 9.15. The summed E-state index contributed by atoms with van der Waals surface area (Å²) in [5.41, 5.74) is 7.17. The van der Waals surface area contributed by atoms with E-state index < -0.39 is 21.8 Å². The first-order chi connectivity index (χ1) is 13.6. The van der Waals surface area contributed by atoms with Crippen LogP contribution in [0.3, 0.4) is 0 Å². The molecule has 1 aromatic carbocycles. The lowest BCUT2D eigenvalue weighted by Crippen LogP contribution is -2.30. The summed E-state index contributed by atoms with van der Waals surface area (Å²) in [7, 11) is -0.680. The molecule has 3 N–H and O–H groups in total. The van der Waals surface area contributed by atoms with Crippen molar-refractivity contribution < 1.29 is 18.0 Å². The number of amides is 2. The molecule has 2 amide bonds. The number of nitrogens with zero attached hydrogens (tertiary/aromatic N) is 2. The predicted octanol–water partition coefficient (Wildman–Crippen LogP) is 1.73. The summed E-state index contributed by atoms with van der Waals surface area (Å²) in [4.78, 5) is 28.1. The first-order valence-corrected chi connectivity index (χ1v) is 11.4. The van der Waals surface area contributed by atoms with Crippen LogP contribution < -0.4 is 11.1 Å². The largest absolute Gasteiger partial charge is 0.365 e. The molecule has 10 heteroatoms. The summed E-state index contributed by atoms with van der Waals surface area (Å²) in [6, 6.07) is 5.67. The lowest BCUT2D eigenvalue weighted by molar-refractivity contribution is 0.1000. The quantitative estimate of drug-likeness (QED) is 0.716. The van der Waals surface area contributed by atoms with Crippen molar-refractivity contribution in [1.82, 2.24) is 9.21 Å². The Bertz CT molecular complexity index is 1040. The maximum Gasteiger partial charge on any atom is 0.256 e. The van der Waals surface area contributed by atoms with Crippen molar-refractivity contribution in [2.45, 2.75) is 24.8 Å². The molecule has 0 aliphatic carbocycles. The number of likely N-dealkylation sites (N-methyl/N-ethyl adjacent to an activating group) is 1. The number of thiophene rings is 1. The second-order valence-electron chi connectivity index (χ2n) is 6.96. The molecule has 156 valence electrons. The Balaban J connectivity index is 1.86. The summed E-state index contributed by atoms with van der Waals surface area (Å²) < 4.78 is 25.4. The van der Waals surface area contributed by atoms with Gasteiger partial charge >= 0.3 is 0 Å². The number of primary amides is 1. The molecule has 0 bridgehead atoms. The van der Waals surface area contributed by atoms with Crippen molar-refractivity contribution in [3.8, 4) is 0 Å². The molecule has 1 aliphatic heterocycles. The van der Waals surface area contributed by atoms with Gasteiger partial charge in [0, 0.05) is 37.6 Å². The second-order valence-corrected chi connectivity index (χ2v) is 10.2. The summed E-state index contributed by atoms with van der Waals surface area (Å²) in [5.74, 6) is -0.984. The predicted molar refractivity (Wildman–Crippen MR) is 113 cm³/mol. The van der Waals surface area contributed by atoms with Crippen LogP contribution >= 0.6 is 11.3 Å². The van der Waals surface area contributed by atoms with Crippen molar-refractivity contribution in [1.29, 1.82) is 0 Å². The molecule has 2 heterocycles. The topological polar surface area (TPSA) is 113 Å². The van der Waals surface area contributed by atoms with Gasteiger partial charge in [0.15, 0.2) is 0 Å². The molecular weight excluding hydrogens is 412 g/mol. The van der Waals surface area contributed by atoms with Crippen LogP contribution in [0.2, 0.25) is 0 Å². The third-order valence-electron chi connectivity index (χ3n) is 4.95. The third-order valence-corrected chi connectivity index (χ3v) is 7.91. The number of nitrogens with one attached hydrogen (secondary N) is 1. The van der Waals surface area contributed by atoms with Gasteiger partial charge in [0.25, 0.3) is 11.8 Å². The Morgan fingerprint density at radius 3 is 2.45 bits per heavy atom. The summed E-state index contributed by atoms with van der Waals surface area (Å²) >= 11 is 1.37. The van der Waals surface area contributed by atoms with Crippen molar-refractivity contribution >= 4 is 38.2 Å². The molecule has 0 saturated heterocycles. The Labute approximate surface area is 174 Å². The number of anilines is 1. The van der Waals surface area contributed by atoms with Crippen LogP contribution in [0.4, 0.5) is 5.00 Å². The number of hydrogen-bond donors (Lipinski definition) is 2. The van der Waals surface area contributed by atoms with E-state index in [2.05, 4.69) is 17.1 Å². The fourth-order valence-corrected chi connectivity index (χ4v) is 5.43. The van der Waals surface area contributed by atoms with Gasteiger partial charge in [-0.05, 0) is 42.8 Å². The van der Waals surface area contributed by atoms with E-state index in [9.17, 15) is 18.0 Å². The van der Waals surface area contributed by atoms with E-state index in [0.717, 1.165) is 34.4 Å². The second kappa shape index (κ2) is 8.23. The zero-order valence-electron chi connectivity index (χ0n) is 16.6. The number of benzene rings is 1. The fourth-order valence-electron chi connectivity index (χ4n) is 3.24. The van der Waals surface area contributed by atoms with Gasteiger partial charge in [-0.2, -0.15) is 0 Å². The number of sulfonamides is 1. The van der Waals surface area contributed by atoms with Crippen molar-refractivity contribution in [3.63, 3.8) is 0 Å². The molecule has 0 fully saturated rings. The summed E-state index contributed by atoms with van der Waals surface area (Å²) in [6.07, 6.45) is 0.713. The highest BCUT2D eigenvalue weighted by Crippen LogP contribution is 2.37. The Morgan fingerprint density at radius 2 is 1.90 bits per heavy atom. The van der Waals surface area contributed by atoms with E-state index in [1.54, 1.807) is 0 Å². The number of fused-ring (bicyclic) bond motifs is 1. The SMILES string of the molecule is CCN1CCc2c(sc(NC(=O)c3ccc(S(=O)(=O)N(C)C)cc3)c2C(N)=O)C1. The molecule has 0 spiro atoms. The standard InChI is InChI=1S/C19H24N4O4S2/c1-4-23-10-9-14-15(11-23)28-19(16(14)17(20)24)21-18(25)12-5-7-13(8-6-12)29(26,27)22(2)3/h5-8H,4,9-11H2,1-3H3,(H2,20,24)(H,21,25). The summed E-state index contributed by atoms with van der Waals surface area (Å²) in [6.45, 7) is 4.56. The zero-order chi connectivity index (χ0) is 21.3.